The Labute approximate surface area is 318 Å². The Hall–Kier alpha value is -0.280. The van der Waals surface area contributed by atoms with Gasteiger partial charge in [0.15, 0.2) is 26.2 Å². The molecular weight excluding hydrogens is 640 g/mol. The minimum atomic E-state index is -0.330. The molecule has 2 atom stereocenters. The topological polar surface area (TPSA) is 64.6 Å². The summed E-state index contributed by atoms with van der Waals surface area (Å²) in [6, 6.07) is 0. The molecule has 7 heteroatoms. The molecule has 0 fully saturated rings. The Morgan fingerprint density at radius 2 is 0.529 bits per heavy atom. The summed E-state index contributed by atoms with van der Waals surface area (Å²) in [5, 5.41) is 0. The van der Waals surface area contributed by atoms with Gasteiger partial charge >= 0.3 is 0 Å². The van der Waals surface area contributed by atoms with Gasteiger partial charge in [0.1, 0.15) is 0 Å². The summed E-state index contributed by atoms with van der Waals surface area (Å²) in [6.07, 6.45) is 36.6. The Morgan fingerprint density at radius 1 is 0.255 bits per heavy atom. The van der Waals surface area contributed by atoms with Gasteiger partial charge in [0.25, 0.3) is 0 Å². The summed E-state index contributed by atoms with van der Waals surface area (Å²) in [4.78, 5) is 0. The standard InChI is InChI=1S/C44H90O7/c1-5-9-13-17-21-25-29-35-45-39-33-43(48-37-31-27-23-19-15-11-7-3)50-41-47-42-51-44(49-38-32-28-24-20-16-12-8-4)34-40-46-36-30-26-22-18-14-10-6-2/h43-44H,5-42H2,1-4H3. The van der Waals surface area contributed by atoms with E-state index in [1.165, 1.54) is 154 Å². The van der Waals surface area contributed by atoms with Crippen LogP contribution in [0.1, 0.15) is 220 Å². The van der Waals surface area contributed by atoms with Crippen LogP contribution >= 0.6 is 0 Å². The molecule has 0 spiro atoms. The second kappa shape index (κ2) is 45.9. The minimum absolute atomic E-state index is 0.124. The molecule has 0 aliphatic carbocycles. The van der Waals surface area contributed by atoms with Gasteiger partial charge in [-0.3, -0.25) is 0 Å². The maximum atomic E-state index is 6.14. The van der Waals surface area contributed by atoms with Gasteiger partial charge in [0.2, 0.25) is 0 Å². The number of hydrogen-bond acceptors (Lipinski definition) is 7. The van der Waals surface area contributed by atoms with Gasteiger partial charge in [-0.05, 0) is 25.7 Å². The van der Waals surface area contributed by atoms with Gasteiger partial charge in [-0.1, -0.05) is 182 Å². The highest BCUT2D eigenvalue weighted by Crippen LogP contribution is 2.13. The molecule has 0 amide bonds. The second-order valence-corrected chi connectivity index (χ2v) is 14.7. The fraction of sp³-hybridized carbons (Fsp3) is 1.00. The average Bonchev–Trinajstić information content (AvgIpc) is 3.14. The van der Waals surface area contributed by atoms with Crippen molar-refractivity contribution in [2.75, 3.05) is 53.2 Å². The van der Waals surface area contributed by atoms with Crippen LogP contribution in [0.3, 0.4) is 0 Å². The lowest BCUT2D eigenvalue weighted by molar-refractivity contribution is -0.251. The van der Waals surface area contributed by atoms with Gasteiger partial charge in [0, 0.05) is 39.3 Å². The highest BCUT2D eigenvalue weighted by atomic mass is 16.8. The first-order valence-electron chi connectivity index (χ1n) is 22.5. The molecule has 308 valence electrons. The molecule has 0 aromatic heterocycles. The Balaban J connectivity index is 4.47. The Kier molecular flexibility index (Phi) is 45.6. The molecule has 0 N–H and O–H groups in total. The molecule has 0 bridgehead atoms. The molecular formula is C44H90O7. The quantitative estimate of drug-likeness (QED) is 0.0456. The molecule has 0 saturated carbocycles. The van der Waals surface area contributed by atoms with Gasteiger partial charge in [-0.2, -0.15) is 0 Å². The molecule has 0 saturated heterocycles. The lowest BCUT2D eigenvalue weighted by atomic mass is 10.1. The van der Waals surface area contributed by atoms with Crippen LogP contribution < -0.4 is 0 Å². The van der Waals surface area contributed by atoms with Crippen molar-refractivity contribution >= 4 is 0 Å². The third-order valence-corrected chi connectivity index (χ3v) is 9.56. The smallest absolute Gasteiger partial charge is 0.162 e. The summed E-state index contributed by atoms with van der Waals surface area (Å²) >= 11 is 0. The Morgan fingerprint density at radius 3 is 0.843 bits per heavy atom. The molecule has 0 radical (unpaired) electrons. The average molecular weight is 731 g/mol. The summed E-state index contributed by atoms with van der Waals surface area (Å²) in [5.41, 5.74) is 0. The van der Waals surface area contributed by atoms with Crippen LogP contribution in [0.2, 0.25) is 0 Å². The van der Waals surface area contributed by atoms with Crippen molar-refractivity contribution in [2.45, 2.75) is 233 Å². The highest BCUT2D eigenvalue weighted by molar-refractivity contribution is 4.52. The second-order valence-electron chi connectivity index (χ2n) is 14.7. The zero-order chi connectivity index (χ0) is 37.0. The number of hydrogen-bond donors (Lipinski definition) is 0. The molecule has 0 rings (SSSR count). The summed E-state index contributed by atoms with van der Waals surface area (Å²) in [5.74, 6) is 0. The molecule has 0 aromatic carbocycles. The monoisotopic (exact) mass is 731 g/mol. The highest BCUT2D eigenvalue weighted by Gasteiger charge is 2.13. The number of ether oxygens (including phenoxy) is 7. The van der Waals surface area contributed by atoms with Crippen LogP contribution in [0, 0.1) is 0 Å². The van der Waals surface area contributed by atoms with Gasteiger partial charge in [0.05, 0.1) is 13.2 Å². The fourth-order valence-electron chi connectivity index (χ4n) is 6.15. The predicted molar refractivity (Wildman–Crippen MR) is 215 cm³/mol. The first-order valence-corrected chi connectivity index (χ1v) is 22.5. The Bertz CT molecular complexity index is 558. The molecule has 0 aliphatic rings. The lowest BCUT2D eigenvalue weighted by Gasteiger charge is -2.21. The molecule has 0 heterocycles. The van der Waals surface area contributed by atoms with Crippen molar-refractivity contribution in [3.8, 4) is 0 Å². The van der Waals surface area contributed by atoms with Crippen molar-refractivity contribution in [1.29, 1.82) is 0 Å². The SMILES string of the molecule is CCCCCCCCCOCCC(OCCCCCCCCC)OCOCOC(CCOCCCCCCCCC)OCCCCCCCCC. The van der Waals surface area contributed by atoms with Crippen LogP contribution in [0.5, 0.6) is 0 Å². The van der Waals surface area contributed by atoms with E-state index >= 15 is 0 Å². The molecule has 2 unspecified atom stereocenters. The summed E-state index contributed by atoms with van der Waals surface area (Å²) in [6.45, 7) is 13.6. The molecule has 7 nitrogen and oxygen atoms in total. The first-order chi connectivity index (χ1) is 25.3. The minimum Gasteiger partial charge on any atom is -0.381 e. The maximum absolute atomic E-state index is 6.14. The van der Waals surface area contributed by atoms with Crippen molar-refractivity contribution < 1.29 is 33.2 Å². The molecule has 0 aromatic rings. The largest absolute Gasteiger partial charge is 0.381 e. The first kappa shape index (κ1) is 50.7. The van der Waals surface area contributed by atoms with E-state index in [0.29, 0.717) is 39.3 Å². The predicted octanol–water partition coefficient (Wildman–Crippen LogP) is 13.5. The van der Waals surface area contributed by atoms with Crippen LogP contribution in [0.4, 0.5) is 0 Å². The molecule has 51 heavy (non-hydrogen) atoms. The van der Waals surface area contributed by atoms with Crippen LogP contribution in [0.25, 0.3) is 0 Å². The summed E-state index contributed by atoms with van der Waals surface area (Å²) in [7, 11) is 0. The molecule has 0 aliphatic heterocycles. The third-order valence-electron chi connectivity index (χ3n) is 9.56. The van der Waals surface area contributed by atoms with Crippen LogP contribution in [-0.2, 0) is 33.2 Å². The zero-order valence-electron chi connectivity index (χ0n) is 34.9. The van der Waals surface area contributed by atoms with Crippen molar-refractivity contribution in [3.63, 3.8) is 0 Å². The van der Waals surface area contributed by atoms with Crippen molar-refractivity contribution in [3.05, 3.63) is 0 Å². The fourth-order valence-corrected chi connectivity index (χ4v) is 6.15. The lowest BCUT2D eigenvalue weighted by Crippen LogP contribution is -2.24. The number of unbranched alkanes of at least 4 members (excludes halogenated alkanes) is 24. The van der Waals surface area contributed by atoms with Crippen molar-refractivity contribution in [2.24, 2.45) is 0 Å². The van der Waals surface area contributed by atoms with E-state index in [2.05, 4.69) is 27.7 Å². The van der Waals surface area contributed by atoms with Crippen molar-refractivity contribution in [1.82, 2.24) is 0 Å². The van der Waals surface area contributed by atoms with E-state index in [4.69, 9.17) is 33.2 Å². The van der Waals surface area contributed by atoms with Crippen LogP contribution in [-0.4, -0.2) is 65.8 Å². The summed E-state index contributed by atoms with van der Waals surface area (Å²) < 4.78 is 42.0. The van der Waals surface area contributed by atoms with E-state index < -0.39 is 0 Å². The van der Waals surface area contributed by atoms with E-state index in [1.807, 2.05) is 0 Å². The van der Waals surface area contributed by atoms with E-state index in [1.54, 1.807) is 0 Å². The van der Waals surface area contributed by atoms with E-state index in [-0.39, 0.29) is 26.2 Å². The van der Waals surface area contributed by atoms with E-state index in [0.717, 1.165) is 38.9 Å². The zero-order valence-corrected chi connectivity index (χ0v) is 34.9. The maximum Gasteiger partial charge on any atom is 0.162 e. The van der Waals surface area contributed by atoms with Gasteiger partial charge in [-0.15, -0.1) is 0 Å². The van der Waals surface area contributed by atoms with E-state index in [9.17, 15) is 0 Å². The number of rotatable bonds is 46. The van der Waals surface area contributed by atoms with Gasteiger partial charge < -0.3 is 33.2 Å². The normalized spacial score (nSPS) is 12.9. The third kappa shape index (κ3) is 42.3. The van der Waals surface area contributed by atoms with Crippen LogP contribution in [0.15, 0.2) is 0 Å². The van der Waals surface area contributed by atoms with Gasteiger partial charge in [-0.25, -0.2) is 0 Å².